The number of rotatable bonds is 11. The standard InChI is InChI=1S/C30H31F3N4O7/c1-29(2,3)44-28(39)34-25(27(38)41-17-20-7-10-22(40-4)11-8-20)15-19-5-12-23(13-6-19)42-18-43-37-26-16-21(30(31,32)33)9-14-24(26)35-36-37/h5-14,16,25H,15,17-18H2,1-4H3,(H,34,39)/t25-/m0/s1. The molecule has 1 atom stereocenters. The SMILES string of the molecule is COc1ccc(COC(=O)[C@H](Cc2ccc(OCOn3nnc4ccc(C(F)(F)F)cc43)cc2)NC(=O)OC(C)(C)C)cc1. The molecule has 0 saturated heterocycles. The summed E-state index contributed by atoms with van der Waals surface area (Å²) < 4.78 is 60.7. The minimum absolute atomic E-state index is 0.0132. The molecule has 0 aliphatic rings. The normalized spacial score (nSPS) is 12.3. The third-order valence-electron chi connectivity index (χ3n) is 6.02. The van der Waals surface area contributed by atoms with Gasteiger partial charge in [0.05, 0.1) is 12.7 Å². The molecule has 3 aromatic carbocycles. The summed E-state index contributed by atoms with van der Waals surface area (Å²) >= 11 is 0. The predicted molar refractivity (Wildman–Crippen MR) is 151 cm³/mol. The van der Waals surface area contributed by atoms with Gasteiger partial charge in [0, 0.05) is 6.42 Å². The average Bonchev–Trinajstić information content (AvgIpc) is 3.37. The van der Waals surface area contributed by atoms with Crippen LogP contribution in [0, 0.1) is 0 Å². The maximum absolute atomic E-state index is 13.1. The van der Waals surface area contributed by atoms with Crippen LogP contribution in [0.3, 0.4) is 0 Å². The molecule has 1 heterocycles. The van der Waals surface area contributed by atoms with Crippen molar-refractivity contribution in [3.63, 3.8) is 0 Å². The summed E-state index contributed by atoms with van der Waals surface area (Å²) in [6.45, 7) is 4.72. The van der Waals surface area contributed by atoms with E-state index in [2.05, 4.69) is 15.6 Å². The molecule has 0 unspecified atom stereocenters. The van der Waals surface area contributed by atoms with E-state index in [1.54, 1.807) is 76.4 Å². The molecule has 0 aliphatic heterocycles. The number of nitrogens with zero attached hydrogens (tertiary/aromatic N) is 3. The molecule has 4 aromatic rings. The Kier molecular flexibility index (Phi) is 9.81. The number of amides is 1. The Labute approximate surface area is 250 Å². The fraction of sp³-hybridized carbons (Fsp3) is 0.333. The van der Waals surface area contributed by atoms with Gasteiger partial charge in [-0.1, -0.05) is 29.1 Å². The maximum atomic E-state index is 13.1. The van der Waals surface area contributed by atoms with Crippen LogP contribution in [0.15, 0.2) is 66.7 Å². The van der Waals surface area contributed by atoms with Crippen LogP contribution in [0.4, 0.5) is 18.0 Å². The lowest BCUT2D eigenvalue weighted by Gasteiger charge is -2.23. The van der Waals surface area contributed by atoms with E-state index in [0.29, 0.717) is 17.1 Å². The number of methoxy groups -OCH3 is 1. The molecule has 0 bridgehead atoms. The van der Waals surface area contributed by atoms with Crippen LogP contribution >= 0.6 is 0 Å². The van der Waals surface area contributed by atoms with Crippen molar-refractivity contribution in [2.45, 2.75) is 51.6 Å². The highest BCUT2D eigenvalue weighted by Gasteiger charge is 2.31. The van der Waals surface area contributed by atoms with Gasteiger partial charge < -0.3 is 29.1 Å². The van der Waals surface area contributed by atoms with E-state index in [-0.39, 0.29) is 30.9 Å². The van der Waals surface area contributed by atoms with Crippen LogP contribution in [0.1, 0.15) is 37.5 Å². The summed E-state index contributed by atoms with van der Waals surface area (Å²) in [5.41, 5.74) is 0.0153. The van der Waals surface area contributed by atoms with Gasteiger partial charge in [-0.25, -0.2) is 9.59 Å². The molecule has 1 aromatic heterocycles. The minimum atomic E-state index is -4.53. The van der Waals surface area contributed by atoms with Crippen molar-refractivity contribution in [3.8, 4) is 11.5 Å². The zero-order chi connectivity index (χ0) is 31.9. The average molecular weight is 617 g/mol. The van der Waals surface area contributed by atoms with E-state index in [1.165, 1.54) is 6.07 Å². The Morgan fingerprint density at radius 1 is 0.932 bits per heavy atom. The number of alkyl carbamates (subject to hydrolysis) is 1. The molecular weight excluding hydrogens is 585 g/mol. The number of ether oxygens (including phenoxy) is 4. The molecule has 0 fully saturated rings. The third-order valence-corrected chi connectivity index (χ3v) is 6.02. The smallest absolute Gasteiger partial charge is 0.416 e. The lowest BCUT2D eigenvalue weighted by molar-refractivity contribution is -0.147. The number of benzene rings is 3. The third kappa shape index (κ3) is 8.99. The first-order valence-electron chi connectivity index (χ1n) is 13.4. The molecule has 0 spiro atoms. The topological polar surface area (TPSA) is 123 Å². The van der Waals surface area contributed by atoms with Gasteiger partial charge in [0.15, 0.2) is 0 Å². The summed E-state index contributed by atoms with van der Waals surface area (Å²) in [7, 11) is 1.55. The van der Waals surface area contributed by atoms with Gasteiger partial charge in [-0.2, -0.15) is 13.2 Å². The Morgan fingerprint density at radius 2 is 1.59 bits per heavy atom. The molecule has 0 radical (unpaired) electrons. The van der Waals surface area contributed by atoms with Crippen LogP contribution in [0.25, 0.3) is 11.0 Å². The minimum Gasteiger partial charge on any atom is -0.497 e. The van der Waals surface area contributed by atoms with E-state index in [1.807, 2.05) is 0 Å². The second-order valence-electron chi connectivity index (χ2n) is 10.6. The Bertz CT molecular complexity index is 1570. The van der Waals surface area contributed by atoms with Crippen molar-refractivity contribution in [1.82, 2.24) is 20.5 Å². The Morgan fingerprint density at radius 3 is 2.23 bits per heavy atom. The largest absolute Gasteiger partial charge is 0.497 e. The van der Waals surface area contributed by atoms with Crippen LogP contribution in [0.5, 0.6) is 11.5 Å². The van der Waals surface area contributed by atoms with Crippen LogP contribution in [-0.4, -0.2) is 52.8 Å². The zero-order valence-electron chi connectivity index (χ0n) is 24.4. The van der Waals surface area contributed by atoms with Crippen LogP contribution < -0.4 is 19.6 Å². The number of hydrogen-bond acceptors (Lipinski definition) is 9. The molecule has 0 saturated carbocycles. The number of nitrogens with one attached hydrogen (secondary N) is 1. The number of halogens is 3. The van der Waals surface area contributed by atoms with Crippen molar-refractivity contribution in [2.75, 3.05) is 13.9 Å². The first kappa shape index (κ1) is 31.9. The van der Waals surface area contributed by atoms with Gasteiger partial charge in [0.2, 0.25) is 0 Å². The molecule has 1 N–H and O–H groups in total. The molecule has 14 heteroatoms. The lowest BCUT2D eigenvalue weighted by atomic mass is 10.1. The van der Waals surface area contributed by atoms with Crippen LogP contribution in [0.2, 0.25) is 0 Å². The lowest BCUT2D eigenvalue weighted by Crippen LogP contribution is -2.45. The van der Waals surface area contributed by atoms with E-state index < -0.39 is 35.4 Å². The first-order valence-corrected chi connectivity index (χ1v) is 13.4. The van der Waals surface area contributed by atoms with E-state index in [0.717, 1.165) is 22.5 Å². The second kappa shape index (κ2) is 13.5. The van der Waals surface area contributed by atoms with E-state index in [9.17, 15) is 22.8 Å². The maximum Gasteiger partial charge on any atom is 0.416 e. The van der Waals surface area contributed by atoms with E-state index in [4.69, 9.17) is 23.8 Å². The molecule has 234 valence electrons. The van der Waals surface area contributed by atoms with Crippen molar-refractivity contribution in [2.24, 2.45) is 0 Å². The summed E-state index contributed by atoms with van der Waals surface area (Å²) in [5.74, 6) is 0.372. The fourth-order valence-electron chi connectivity index (χ4n) is 3.89. The first-order chi connectivity index (χ1) is 20.8. The predicted octanol–water partition coefficient (Wildman–Crippen LogP) is 5.10. The number of alkyl halides is 3. The van der Waals surface area contributed by atoms with Gasteiger partial charge in [-0.3, -0.25) is 0 Å². The van der Waals surface area contributed by atoms with Crippen molar-refractivity contribution in [3.05, 3.63) is 83.4 Å². The van der Waals surface area contributed by atoms with Gasteiger partial charge >= 0.3 is 18.2 Å². The highest BCUT2D eigenvalue weighted by molar-refractivity contribution is 5.82. The number of fused-ring (bicyclic) bond motifs is 1. The second-order valence-corrected chi connectivity index (χ2v) is 10.6. The van der Waals surface area contributed by atoms with Crippen molar-refractivity contribution in [1.29, 1.82) is 0 Å². The van der Waals surface area contributed by atoms with Gasteiger partial charge in [-0.15, -0.1) is 5.10 Å². The summed E-state index contributed by atoms with van der Waals surface area (Å²) in [6.07, 6.45) is -5.22. The molecule has 44 heavy (non-hydrogen) atoms. The number of carbonyl (C=O) groups is 2. The Balaban J connectivity index is 1.37. The van der Waals surface area contributed by atoms with Crippen LogP contribution in [-0.2, 0) is 33.5 Å². The van der Waals surface area contributed by atoms with E-state index >= 15 is 0 Å². The molecular formula is C30H31F3N4O7. The quantitative estimate of drug-likeness (QED) is 0.181. The summed E-state index contributed by atoms with van der Waals surface area (Å²) in [5, 5.41) is 10.1. The fourth-order valence-corrected chi connectivity index (χ4v) is 3.89. The number of esters is 1. The summed E-state index contributed by atoms with van der Waals surface area (Å²) in [6, 6.07) is 15.5. The van der Waals surface area contributed by atoms with Gasteiger partial charge in [0.25, 0.3) is 6.79 Å². The highest BCUT2D eigenvalue weighted by Crippen LogP contribution is 2.30. The molecule has 4 rings (SSSR count). The molecule has 1 amide bonds. The number of carbonyl (C=O) groups excluding carboxylic acids is 2. The molecule has 11 nitrogen and oxygen atoms in total. The zero-order valence-corrected chi connectivity index (χ0v) is 24.4. The summed E-state index contributed by atoms with van der Waals surface area (Å²) in [4.78, 5) is 31.7. The highest BCUT2D eigenvalue weighted by atomic mass is 19.4. The van der Waals surface area contributed by atoms with Crippen molar-refractivity contribution < 1.29 is 46.5 Å². The molecule has 0 aliphatic carbocycles. The Hall–Kier alpha value is -5.01. The van der Waals surface area contributed by atoms with Gasteiger partial charge in [0.1, 0.15) is 40.8 Å². The number of hydrogen-bond donors (Lipinski definition) is 1. The van der Waals surface area contributed by atoms with Crippen molar-refractivity contribution >= 4 is 23.1 Å². The monoisotopic (exact) mass is 616 g/mol. The number of aromatic nitrogens is 3. The van der Waals surface area contributed by atoms with Gasteiger partial charge in [-0.05, 0) is 79.6 Å².